The minimum atomic E-state index is -0.666. The summed E-state index contributed by atoms with van der Waals surface area (Å²) < 4.78 is 4.63. The van der Waals surface area contributed by atoms with Crippen molar-refractivity contribution in [3.05, 3.63) is 29.8 Å². The molecule has 0 saturated heterocycles. The second-order valence-electron chi connectivity index (χ2n) is 3.72. The molecule has 1 amide bonds. The molecular weight excluding hydrogens is 220 g/mol. The lowest BCUT2D eigenvalue weighted by Crippen LogP contribution is -2.41. The van der Waals surface area contributed by atoms with Crippen LogP contribution in [0.4, 0.5) is 5.69 Å². The number of carbonyl (C=O) groups is 2. The molecule has 0 aliphatic rings. The molecule has 1 unspecified atom stereocenters. The van der Waals surface area contributed by atoms with Crippen molar-refractivity contribution in [2.75, 3.05) is 12.8 Å². The standard InChI is InChI=1S/C12H16N2O3/c1-8(15)14-11(12(16)17-2)7-9-3-5-10(13)6-4-9/h3-6,11H,7,13H2,1-2H3,(H,14,15). The fourth-order valence-corrected chi connectivity index (χ4v) is 1.47. The molecule has 17 heavy (non-hydrogen) atoms. The van der Waals surface area contributed by atoms with Crippen LogP contribution in [0.15, 0.2) is 24.3 Å². The summed E-state index contributed by atoms with van der Waals surface area (Å²) in [7, 11) is 1.29. The maximum absolute atomic E-state index is 11.5. The van der Waals surface area contributed by atoms with Gasteiger partial charge < -0.3 is 15.8 Å². The van der Waals surface area contributed by atoms with Crippen molar-refractivity contribution in [1.82, 2.24) is 5.32 Å². The zero-order chi connectivity index (χ0) is 12.8. The molecule has 92 valence electrons. The number of anilines is 1. The molecule has 0 spiro atoms. The van der Waals surface area contributed by atoms with Gasteiger partial charge in [-0.3, -0.25) is 4.79 Å². The number of hydrogen-bond donors (Lipinski definition) is 2. The van der Waals surface area contributed by atoms with E-state index in [4.69, 9.17) is 5.73 Å². The predicted molar refractivity (Wildman–Crippen MR) is 64.2 cm³/mol. The van der Waals surface area contributed by atoms with Crippen LogP contribution in [0.3, 0.4) is 0 Å². The van der Waals surface area contributed by atoms with Crippen LogP contribution in [0.2, 0.25) is 0 Å². The van der Waals surface area contributed by atoms with E-state index in [2.05, 4.69) is 10.1 Å². The van der Waals surface area contributed by atoms with Gasteiger partial charge in [0.2, 0.25) is 5.91 Å². The van der Waals surface area contributed by atoms with Gasteiger partial charge in [0.25, 0.3) is 0 Å². The third-order valence-corrected chi connectivity index (χ3v) is 2.28. The van der Waals surface area contributed by atoms with Crippen LogP contribution in [0.5, 0.6) is 0 Å². The molecule has 1 atom stereocenters. The first kappa shape index (κ1) is 13.0. The summed E-state index contributed by atoms with van der Waals surface area (Å²) in [6.07, 6.45) is 0.381. The highest BCUT2D eigenvalue weighted by molar-refractivity contribution is 5.83. The smallest absolute Gasteiger partial charge is 0.328 e. The van der Waals surface area contributed by atoms with Crippen LogP contribution < -0.4 is 11.1 Å². The van der Waals surface area contributed by atoms with Gasteiger partial charge in [0.1, 0.15) is 6.04 Å². The first-order chi connectivity index (χ1) is 8.02. The molecule has 0 bridgehead atoms. The van der Waals surface area contributed by atoms with Gasteiger partial charge >= 0.3 is 5.97 Å². The minimum absolute atomic E-state index is 0.268. The van der Waals surface area contributed by atoms with E-state index in [1.165, 1.54) is 14.0 Å². The first-order valence-corrected chi connectivity index (χ1v) is 5.22. The number of esters is 1. The van der Waals surface area contributed by atoms with Crippen LogP contribution in [-0.4, -0.2) is 25.0 Å². The third kappa shape index (κ3) is 4.14. The molecule has 5 heteroatoms. The topological polar surface area (TPSA) is 81.4 Å². The second kappa shape index (κ2) is 5.89. The summed E-state index contributed by atoms with van der Waals surface area (Å²) in [6, 6.07) is 6.45. The Balaban J connectivity index is 2.75. The molecule has 3 N–H and O–H groups in total. The summed E-state index contributed by atoms with van der Waals surface area (Å²) >= 11 is 0. The monoisotopic (exact) mass is 236 g/mol. The Morgan fingerprint density at radius 2 is 1.94 bits per heavy atom. The lowest BCUT2D eigenvalue weighted by Gasteiger charge is -2.15. The van der Waals surface area contributed by atoms with E-state index < -0.39 is 12.0 Å². The van der Waals surface area contributed by atoms with Gasteiger partial charge in [0.15, 0.2) is 0 Å². The average molecular weight is 236 g/mol. The van der Waals surface area contributed by atoms with Gasteiger partial charge in [-0.1, -0.05) is 12.1 Å². The lowest BCUT2D eigenvalue weighted by molar-refractivity contribution is -0.144. The zero-order valence-corrected chi connectivity index (χ0v) is 9.90. The number of nitrogens with two attached hydrogens (primary N) is 1. The van der Waals surface area contributed by atoms with E-state index in [-0.39, 0.29) is 5.91 Å². The quantitative estimate of drug-likeness (QED) is 0.589. The van der Waals surface area contributed by atoms with E-state index in [9.17, 15) is 9.59 Å². The molecule has 0 radical (unpaired) electrons. The molecule has 0 fully saturated rings. The number of amides is 1. The molecule has 5 nitrogen and oxygen atoms in total. The van der Waals surface area contributed by atoms with Crippen molar-refractivity contribution in [2.45, 2.75) is 19.4 Å². The normalized spacial score (nSPS) is 11.6. The SMILES string of the molecule is COC(=O)C(Cc1ccc(N)cc1)NC(C)=O. The number of methoxy groups -OCH3 is 1. The number of benzene rings is 1. The fraction of sp³-hybridized carbons (Fsp3) is 0.333. The van der Waals surface area contributed by atoms with Gasteiger partial charge in [-0.25, -0.2) is 4.79 Å². The highest BCUT2D eigenvalue weighted by Crippen LogP contribution is 2.08. The Labute approximate surface area is 99.9 Å². The Morgan fingerprint density at radius 3 is 2.41 bits per heavy atom. The Bertz CT molecular complexity index is 401. The van der Waals surface area contributed by atoms with Crippen molar-refractivity contribution >= 4 is 17.6 Å². The van der Waals surface area contributed by atoms with Gasteiger partial charge in [-0.2, -0.15) is 0 Å². The largest absolute Gasteiger partial charge is 0.467 e. The number of hydrogen-bond acceptors (Lipinski definition) is 4. The van der Waals surface area contributed by atoms with Crippen molar-refractivity contribution in [1.29, 1.82) is 0 Å². The summed E-state index contributed by atoms with van der Waals surface area (Å²) in [5, 5.41) is 2.55. The number of rotatable bonds is 4. The molecule has 0 saturated carbocycles. The predicted octanol–water partition coefficient (Wildman–Crippen LogP) is 0.489. The summed E-state index contributed by atoms with van der Waals surface area (Å²) in [5.41, 5.74) is 7.12. The maximum atomic E-state index is 11.5. The summed E-state index contributed by atoms with van der Waals surface area (Å²) in [6.45, 7) is 1.36. The van der Waals surface area contributed by atoms with Crippen LogP contribution in [0.1, 0.15) is 12.5 Å². The van der Waals surface area contributed by atoms with Crippen LogP contribution >= 0.6 is 0 Å². The van der Waals surface area contributed by atoms with Crippen LogP contribution in [0, 0.1) is 0 Å². The molecule has 0 heterocycles. The third-order valence-electron chi connectivity index (χ3n) is 2.28. The second-order valence-corrected chi connectivity index (χ2v) is 3.72. The Morgan fingerprint density at radius 1 is 1.35 bits per heavy atom. The lowest BCUT2D eigenvalue weighted by atomic mass is 10.1. The van der Waals surface area contributed by atoms with E-state index in [0.29, 0.717) is 12.1 Å². The average Bonchev–Trinajstić information content (AvgIpc) is 2.29. The maximum Gasteiger partial charge on any atom is 0.328 e. The summed E-state index contributed by atoms with van der Waals surface area (Å²) in [5.74, 6) is -0.729. The van der Waals surface area contributed by atoms with Crippen LogP contribution in [0.25, 0.3) is 0 Å². The van der Waals surface area contributed by atoms with Crippen molar-refractivity contribution < 1.29 is 14.3 Å². The zero-order valence-electron chi connectivity index (χ0n) is 9.90. The Hall–Kier alpha value is -2.04. The van der Waals surface area contributed by atoms with Crippen molar-refractivity contribution in [3.63, 3.8) is 0 Å². The molecule has 1 rings (SSSR count). The van der Waals surface area contributed by atoms with Gasteiger partial charge in [0.05, 0.1) is 7.11 Å². The molecular formula is C12H16N2O3. The number of carbonyl (C=O) groups excluding carboxylic acids is 2. The molecule has 1 aromatic carbocycles. The van der Waals surface area contributed by atoms with E-state index in [0.717, 1.165) is 5.56 Å². The van der Waals surface area contributed by atoms with Crippen molar-refractivity contribution in [3.8, 4) is 0 Å². The van der Waals surface area contributed by atoms with Gasteiger partial charge in [-0.05, 0) is 17.7 Å². The van der Waals surface area contributed by atoms with Crippen LogP contribution in [-0.2, 0) is 20.7 Å². The fourth-order valence-electron chi connectivity index (χ4n) is 1.47. The molecule has 0 aromatic heterocycles. The molecule has 0 aliphatic carbocycles. The van der Waals surface area contributed by atoms with Gasteiger partial charge in [-0.15, -0.1) is 0 Å². The highest BCUT2D eigenvalue weighted by Gasteiger charge is 2.20. The van der Waals surface area contributed by atoms with E-state index in [1.807, 2.05) is 12.1 Å². The number of nitrogen functional groups attached to an aromatic ring is 1. The van der Waals surface area contributed by atoms with Crippen molar-refractivity contribution in [2.24, 2.45) is 0 Å². The minimum Gasteiger partial charge on any atom is -0.467 e. The van der Waals surface area contributed by atoms with E-state index in [1.54, 1.807) is 12.1 Å². The van der Waals surface area contributed by atoms with E-state index >= 15 is 0 Å². The molecule has 0 aliphatic heterocycles. The number of ether oxygens (including phenoxy) is 1. The van der Waals surface area contributed by atoms with Gasteiger partial charge in [0, 0.05) is 19.0 Å². The molecule has 1 aromatic rings. The Kier molecular flexibility index (Phi) is 4.51. The number of nitrogens with one attached hydrogen (secondary N) is 1. The first-order valence-electron chi connectivity index (χ1n) is 5.22. The highest BCUT2D eigenvalue weighted by atomic mass is 16.5. The summed E-state index contributed by atoms with van der Waals surface area (Å²) in [4.78, 5) is 22.4.